The number of rotatable bonds is 9. The van der Waals surface area contributed by atoms with E-state index in [-0.39, 0.29) is 42.7 Å². The van der Waals surface area contributed by atoms with Crippen LogP contribution in [-0.2, 0) is 34.0 Å². The van der Waals surface area contributed by atoms with E-state index in [1.54, 1.807) is 30.3 Å². The fourth-order valence-corrected chi connectivity index (χ4v) is 5.97. The van der Waals surface area contributed by atoms with Crippen LogP contribution >= 0.6 is 0 Å². The van der Waals surface area contributed by atoms with Gasteiger partial charge in [0, 0.05) is 11.6 Å². The number of alkyl halides is 3. The van der Waals surface area contributed by atoms with Gasteiger partial charge < -0.3 is 10.5 Å². The standard InChI is InChI=1S/C28H28F4N2O4S/c1-39(36,37)34-20-12-13-27(16-20,26(33)35)15-19-10-11-23(28(30,31)32)22(14-19)21-8-5-9-24(29)25(21)38-17-18-6-3-2-4-7-18/h2-11,14,20,34H,12-13,15-17H2,1H3,(H2,33,35)/t20-,27+/m0/s1. The van der Waals surface area contributed by atoms with E-state index in [9.17, 15) is 30.8 Å². The topological polar surface area (TPSA) is 98.5 Å². The number of nitrogens with two attached hydrogens (primary N) is 1. The number of primary amides is 1. The van der Waals surface area contributed by atoms with Crippen molar-refractivity contribution in [3.63, 3.8) is 0 Å². The average Bonchev–Trinajstić information content (AvgIpc) is 3.25. The van der Waals surface area contributed by atoms with Crippen molar-refractivity contribution in [2.45, 2.75) is 44.5 Å². The highest BCUT2D eigenvalue weighted by Crippen LogP contribution is 2.45. The van der Waals surface area contributed by atoms with Gasteiger partial charge in [-0.3, -0.25) is 4.79 Å². The molecule has 0 saturated heterocycles. The van der Waals surface area contributed by atoms with Gasteiger partial charge in [0.05, 0.1) is 17.2 Å². The van der Waals surface area contributed by atoms with Crippen molar-refractivity contribution in [2.24, 2.45) is 11.1 Å². The minimum absolute atomic E-state index is 0.00899. The highest BCUT2D eigenvalue weighted by atomic mass is 32.2. The molecule has 1 fully saturated rings. The van der Waals surface area contributed by atoms with Crippen LogP contribution in [0.25, 0.3) is 11.1 Å². The minimum Gasteiger partial charge on any atom is -0.485 e. The lowest BCUT2D eigenvalue weighted by molar-refractivity contribution is -0.137. The van der Waals surface area contributed by atoms with Crippen molar-refractivity contribution in [3.05, 3.63) is 89.2 Å². The smallest absolute Gasteiger partial charge is 0.417 e. The predicted molar refractivity (Wildman–Crippen MR) is 139 cm³/mol. The molecule has 1 aliphatic carbocycles. The zero-order chi connectivity index (χ0) is 28.4. The third-order valence-electron chi connectivity index (χ3n) is 6.93. The maximum atomic E-state index is 14.9. The number of carbonyl (C=O) groups excluding carboxylic acids is 1. The number of hydrogen-bond acceptors (Lipinski definition) is 4. The maximum absolute atomic E-state index is 14.9. The normalized spacial score (nSPS) is 19.7. The number of ether oxygens (including phenoxy) is 1. The summed E-state index contributed by atoms with van der Waals surface area (Å²) in [6, 6.07) is 15.5. The van der Waals surface area contributed by atoms with Crippen molar-refractivity contribution >= 4 is 15.9 Å². The van der Waals surface area contributed by atoms with Gasteiger partial charge >= 0.3 is 6.18 Å². The Bertz CT molecular complexity index is 1460. The Kier molecular flexibility index (Phi) is 8.04. The van der Waals surface area contributed by atoms with E-state index in [2.05, 4.69) is 4.72 Å². The van der Waals surface area contributed by atoms with Gasteiger partial charge in [-0.15, -0.1) is 0 Å². The minimum atomic E-state index is -4.75. The summed E-state index contributed by atoms with van der Waals surface area (Å²) < 4.78 is 88.7. The van der Waals surface area contributed by atoms with E-state index < -0.39 is 44.9 Å². The zero-order valence-electron chi connectivity index (χ0n) is 21.1. The van der Waals surface area contributed by atoms with Crippen LogP contribution < -0.4 is 15.2 Å². The zero-order valence-corrected chi connectivity index (χ0v) is 21.9. The molecule has 3 aromatic rings. The second-order valence-electron chi connectivity index (χ2n) is 9.92. The first-order chi connectivity index (χ1) is 18.3. The van der Waals surface area contributed by atoms with Crippen molar-refractivity contribution < 1.29 is 35.5 Å². The quantitative estimate of drug-likeness (QED) is 0.349. The van der Waals surface area contributed by atoms with E-state index in [1.807, 2.05) is 0 Å². The lowest BCUT2D eigenvalue weighted by atomic mass is 9.78. The average molecular weight is 565 g/mol. The number of sulfonamides is 1. The van der Waals surface area contributed by atoms with E-state index in [4.69, 9.17) is 10.5 Å². The molecule has 0 bridgehead atoms. The molecule has 0 spiro atoms. The molecule has 3 aromatic carbocycles. The molecule has 0 radical (unpaired) electrons. The third-order valence-corrected chi connectivity index (χ3v) is 7.69. The van der Waals surface area contributed by atoms with Gasteiger partial charge in [-0.1, -0.05) is 54.6 Å². The highest BCUT2D eigenvalue weighted by Gasteiger charge is 2.45. The molecular formula is C28H28F4N2O4S. The molecule has 39 heavy (non-hydrogen) atoms. The van der Waals surface area contributed by atoms with Crippen molar-refractivity contribution in [1.82, 2.24) is 4.72 Å². The van der Waals surface area contributed by atoms with E-state index in [0.29, 0.717) is 17.5 Å². The van der Waals surface area contributed by atoms with Crippen LogP contribution in [0.2, 0.25) is 0 Å². The lowest BCUT2D eigenvalue weighted by Crippen LogP contribution is -2.40. The van der Waals surface area contributed by atoms with Gasteiger partial charge in [0.15, 0.2) is 11.6 Å². The fourth-order valence-electron chi connectivity index (χ4n) is 5.16. The summed E-state index contributed by atoms with van der Waals surface area (Å²) in [7, 11) is -3.53. The largest absolute Gasteiger partial charge is 0.485 e. The fraction of sp³-hybridized carbons (Fsp3) is 0.321. The predicted octanol–water partition coefficient (Wildman–Crippen LogP) is 5.21. The summed E-state index contributed by atoms with van der Waals surface area (Å²) in [5, 5.41) is 0. The molecule has 4 rings (SSSR count). The van der Waals surface area contributed by atoms with Gasteiger partial charge in [-0.05, 0) is 54.5 Å². The molecule has 0 aromatic heterocycles. The number of halogens is 4. The molecule has 1 amide bonds. The van der Waals surface area contributed by atoms with Crippen LogP contribution in [0.1, 0.15) is 36.0 Å². The Morgan fingerprint density at radius 2 is 1.77 bits per heavy atom. The summed E-state index contributed by atoms with van der Waals surface area (Å²) in [5.41, 5.74) is 4.27. The van der Waals surface area contributed by atoms with Crippen LogP contribution in [0.3, 0.4) is 0 Å². The summed E-state index contributed by atoms with van der Waals surface area (Å²) in [6.45, 7) is -0.0602. The number of carbonyl (C=O) groups is 1. The Morgan fingerprint density at radius 3 is 2.41 bits per heavy atom. The summed E-state index contributed by atoms with van der Waals surface area (Å²) in [5.74, 6) is -1.81. The Labute approximate surface area is 224 Å². The first-order valence-corrected chi connectivity index (χ1v) is 14.1. The Morgan fingerprint density at radius 1 is 1.05 bits per heavy atom. The first-order valence-electron chi connectivity index (χ1n) is 12.2. The highest BCUT2D eigenvalue weighted by molar-refractivity contribution is 7.88. The molecule has 11 heteroatoms. The van der Waals surface area contributed by atoms with E-state index in [0.717, 1.165) is 18.4 Å². The van der Waals surface area contributed by atoms with Crippen molar-refractivity contribution in [2.75, 3.05) is 6.26 Å². The monoisotopic (exact) mass is 564 g/mol. The molecule has 0 heterocycles. The number of amides is 1. The number of hydrogen-bond donors (Lipinski definition) is 2. The SMILES string of the molecule is CS(=O)(=O)N[C@H]1CC[C@](Cc2ccc(C(F)(F)F)c(-c3cccc(F)c3OCc3ccccc3)c2)(C(N)=O)C1. The van der Waals surface area contributed by atoms with E-state index in [1.165, 1.54) is 24.3 Å². The molecule has 1 saturated carbocycles. The second-order valence-corrected chi connectivity index (χ2v) is 11.7. The molecule has 2 atom stereocenters. The maximum Gasteiger partial charge on any atom is 0.417 e. The summed E-state index contributed by atoms with van der Waals surface area (Å²) in [4.78, 5) is 12.5. The molecule has 6 nitrogen and oxygen atoms in total. The van der Waals surface area contributed by atoms with Gasteiger partial charge in [0.2, 0.25) is 15.9 Å². The van der Waals surface area contributed by atoms with Gasteiger partial charge in [-0.25, -0.2) is 17.5 Å². The lowest BCUT2D eigenvalue weighted by Gasteiger charge is -2.27. The number of benzene rings is 3. The molecule has 1 aliphatic rings. The van der Waals surface area contributed by atoms with Crippen LogP contribution in [0.4, 0.5) is 17.6 Å². The molecule has 0 aliphatic heterocycles. The van der Waals surface area contributed by atoms with Gasteiger partial charge in [-0.2, -0.15) is 13.2 Å². The molecule has 0 unspecified atom stereocenters. The van der Waals surface area contributed by atoms with Crippen LogP contribution in [0, 0.1) is 11.2 Å². The molecule has 208 valence electrons. The van der Waals surface area contributed by atoms with Crippen LogP contribution in [-0.4, -0.2) is 26.6 Å². The summed E-state index contributed by atoms with van der Waals surface area (Å²) >= 11 is 0. The van der Waals surface area contributed by atoms with Crippen molar-refractivity contribution in [3.8, 4) is 16.9 Å². The summed E-state index contributed by atoms with van der Waals surface area (Å²) in [6.07, 6.45) is -3.03. The van der Waals surface area contributed by atoms with Gasteiger partial charge in [0.1, 0.15) is 6.61 Å². The van der Waals surface area contributed by atoms with Gasteiger partial charge in [0.25, 0.3) is 0 Å². The second kappa shape index (κ2) is 11.0. The number of para-hydroxylation sites is 1. The third kappa shape index (κ3) is 6.77. The molecular weight excluding hydrogens is 536 g/mol. The van der Waals surface area contributed by atoms with Crippen molar-refractivity contribution in [1.29, 1.82) is 0 Å². The van der Waals surface area contributed by atoms with Crippen LogP contribution in [0.5, 0.6) is 5.75 Å². The Balaban J connectivity index is 1.73. The molecule has 3 N–H and O–H groups in total. The van der Waals surface area contributed by atoms with E-state index >= 15 is 0 Å². The first kappa shape index (κ1) is 28.6. The Hall–Kier alpha value is -3.44. The number of nitrogens with one attached hydrogen (secondary N) is 1. The van der Waals surface area contributed by atoms with Crippen LogP contribution in [0.15, 0.2) is 66.7 Å².